The van der Waals surface area contributed by atoms with Gasteiger partial charge < -0.3 is 91.9 Å². The molecule has 0 rings (SSSR count). The number of hydrogen-bond acceptors (Lipinski definition) is 18. The molecule has 0 aromatic carbocycles. The van der Waals surface area contributed by atoms with E-state index in [-0.39, 0.29) is 37.6 Å². The topological polar surface area (TPSA) is 397 Å². The van der Waals surface area contributed by atoms with Crippen molar-refractivity contribution in [2.75, 3.05) is 0 Å². The van der Waals surface area contributed by atoms with Crippen LogP contribution in [-0.2, 0) is 37.6 Å². The van der Waals surface area contributed by atoms with Gasteiger partial charge in [0.05, 0.1) is 30.5 Å². The Morgan fingerprint density at radius 1 is 0.308 bits per heavy atom. The number of rotatable bonds is 0. The van der Waals surface area contributed by atoms with Crippen molar-refractivity contribution in [2.24, 2.45) is 0 Å². The maximum atomic E-state index is 8.25. The van der Waals surface area contributed by atoms with Crippen molar-refractivity contribution in [3.63, 3.8) is 0 Å². The molecule has 0 radical (unpaired) electrons. The third kappa shape index (κ3) is 585. The van der Waals surface area contributed by atoms with Crippen LogP contribution in [0, 0.1) is 91.9 Å². The first-order valence-corrected chi connectivity index (χ1v) is 3.29. The van der Waals surface area contributed by atoms with E-state index in [0.29, 0.717) is 0 Å². The van der Waals surface area contributed by atoms with E-state index >= 15 is 0 Å². The van der Waals surface area contributed by atoms with Crippen molar-refractivity contribution in [3.05, 3.63) is 91.9 Å². The van der Waals surface area contributed by atoms with Gasteiger partial charge in [-0.25, -0.2) is 0 Å². The maximum Gasteiger partial charge on any atom is 4.00 e. The first kappa shape index (κ1) is 49.5. The fraction of sp³-hybridized carbons (Fsp3) is 0. The van der Waals surface area contributed by atoms with Gasteiger partial charge in [0.15, 0.2) is 0 Å². The van der Waals surface area contributed by atoms with Crippen LogP contribution in [0.4, 0.5) is 0 Å². The molecule has 0 spiro atoms. The molecule has 0 saturated heterocycles. The summed E-state index contributed by atoms with van der Waals surface area (Å²) in [4.78, 5) is 49.5. The number of nitrogens with zero attached hydrogens (tertiary/aromatic N) is 6. The molecule has 26 heteroatoms. The van der Waals surface area contributed by atoms with Crippen molar-refractivity contribution < 1.29 is 68.1 Å². The molecule has 0 fully saturated rings. The monoisotopic (exact) mass is 528 g/mol. The molecule has 154 valence electrons. The van der Waals surface area contributed by atoms with Crippen LogP contribution in [0.3, 0.4) is 0 Å². The summed E-state index contributed by atoms with van der Waals surface area (Å²) in [6, 6.07) is 0. The van der Waals surface area contributed by atoms with E-state index in [0.717, 1.165) is 0 Å². The van der Waals surface area contributed by atoms with Crippen LogP contribution in [0.5, 0.6) is 0 Å². The molecular formula is MoN6NiO18. The molecular weight excluding hydrogens is 527 g/mol. The Balaban J connectivity index is -0.0000000245. The molecule has 0 unspecified atom stereocenters. The average molecular weight is 527 g/mol. The second-order valence-corrected chi connectivity index (χ2v) is 1.34. The van der Waals surface area contributed by atoms with Gasteiger partial charge in [0.2, 0.25) is 0 Å². The van der Waals surface area contributed by atoms with Gasteiger partial charge in [0.1, 0.15) is 0 Å². The quantitative estimate of drug-likeness (QED) is 0.198. The Morgan fingerprint density at radius 2 is 0.308 bits per heavy atom. The van der Waals surface area contributed by atoms with Crippen LogP contribution in [0.25, 0.3) is 0 Å². The molecule has 24 nitrogen and oxygen atoms in total. The summed E-state index contributed by atoms with van der Waals surface area (Å²) < 4.78 is 0. The summed E-state index contributed by atoms with van der Waals surface area (Å²) in [5.41, 5.74) is 0. The van der Waals surface area contributed by atoms with Gasteiger partial charge in [-0.1, -0.05) is 0 Å². The van der Waals surface area contributed by atoms with E-state index in [4.69, 9.17) is 91.9 Å². The van der Waals surface area contributed by atoms with Crippen molar-refractivity contribution in [1.82, 2.24) is 0 Å². The average Bonchev–Trinajstić information content (AvgIpc) is 2.08. The summed E-state index contributed by atoms with van der Waals surface area (Å²) in [5.74, 6) is 0. The summed E-state index contributed by atoms with van der Waals surface area (Å²) >= 11 is 0. The van der Waals surface area contributed by atoms with Gasteiger partial charge in [-0.2, -0.15) is 0 Å². The standard InChI is InChI=1S/Mo.6NO3.Ni/c;6*2-1(3)4;/q+4;6*-1;+2. The minimum Gasteiger partial charge on any atom is -0.356 e. The zero-order chi connectivity index (χ0) is 21.5. The van der Waals surface area contributed by atoms with Crippen LogP contribution in [0.1, 0.15) is 0 Å². The zero-order valence-electron chi connectivity index (χ0n) is 10.8. The molecule has 0 aliphatic rings. The number of hydrogen-bond donors (Lipinski definition) is 0. The molecule has 0 bridgehead atoms. The largest absolute Gasteiger partial charge is 4.00 e. The molecule has 0 heterocycles. The molecule has 0 aromatic rings. The third-order valence-electron chi connectivity index (χ3n) is 0. The van der Waals surface area contributed by atoms with E-state index in [1.807, 2.05) is 0 Å². The summed E-state index contributed by atoms with van der Waals surface area (Å²) in [6.45, 7) is 0. The minimum atomic E-state index is -1.75. The Morgan fingerprint density at radius 3 is 0.308 bits per heavy atom. The van der Waals surface area contributed by atoms with Crippen LogP contribution in [0.15, 0.2) is 0 Å². The zero-order valence-corrected chi connectivity index (χ0v) is 13.8. The molecule has 0 N–H and O–H groups in total. The van der Waals surface area contributed by atoms with Crippen molar-refractivity contribution in [1.29, 1.82) is 0 Å². The fourth-order valence-electron chi connectivity index (χ4n) is 0. The predicted molar refractivity (Wildman–Crippen MR) is 62.2 cm³/mol. The smallest absolute Gasteiger partial charge is 0.356 e. The Kier molecular flexibility index (Phi) is 81.7. The molecule has 0 aliphatic carbocycles. The fourth-order valence-corrected chi connectivity index (χ4v) is 0. The van der Waals surface area contributed by atoms with E-state index in [1.165, 1.54) is 0 Å². The van der Waals surface area contributed by atoms with Gasteiger partial charge in [-0.15, -0.1) is 0 Å². The SMILES string of the molecule is O=[N+]([O-])[O-].O=[N+]([O-])[O-].O=[N+]([O-])[O-].O=[N+]([O-])[O-].O=[N+]([O-])[O-].O=[N+]([O-])[O-].[Mo+4].[Ni+2]. The van der Waals surface area contributed by atoms with Crippen LogP contribution in [0.2, 0.25) is 0 Å². The predicted octanol–water partition coefficient (Wildman–Crippen LogP) is -1.44. The Bertz CT molecular complexity index is 263. The first-order chi connectivity index (χ1) is 10.4. The molecule has 0 amide bonds. The Hall–Kier alpha value is -3.62. The van der Waals surface area contributed by atoms with E-state index in [2.05, 4.69) is 0 Å². The van der Waals surface area contributed by atoms with Crippen LogP contribution < -0.4 is 0 Å². The van der Waals surface area contributed by atoms with E-state index in [1.54, 1.807) is 0 Å². The molecule has 0 saturated carbocycles. The maximum absolute atomic E-state index is 8.25. The molecule has 26 heavy (non-hydrogen) atoms. The van der Waals surface area contributed by atoms with Gasteiger partial charge in [-0.3, -0.25) is 0 Å². The summed E-state index contributed by atoms with van der Waals surface area (Å²) in [7, 11) is 0. The minimum absolute atomic E-state index is 0. The molecule has 0 aromatic heterocycles. The summed E-state index contributed by atoms with van der Waals surface area (Å²) in [6.07, 6.45) is 0. The second-order valence-electron chi connectivity index (χ2n) is 1.34. The second kappa shape index (κ2) is 42.9. The first-order valence-electron chi connectivity index (χ1n) is 3.29. The van der Waals surface area contributed by atoms with Gasteiger partial charge >= 0.3 is 37.6 Å². The van der Waals surface area contributed by atoms with E-state index < -0.39 is 30.5 Å². The van der Waals surface area contributed by atoms with Crippen molar-refractivity contribution in [3.8, 4) is 0 Å². The third-order valence-corrected chi connectivity index (χ3v) is 0. The Labute approximate surface area is 160 Å². The van der Waals surface area contributed by atoms with Crippen LogP contribution in [-0.4, -0.2) is 30.5 Å². The molecule has 0 aliphatic heterocycles. The van der Waals surface area contributed by atoms with Crippen molar-refractivity contribution in [2.45, 2.75) is 0 Å². The van der Waals surface area contributed by atoms with Gasteiger partial charge in [0, 0.05) is 0 Å². The summed E-state index contributed by atoms with van der Waals surface area (Å²) in [5, 5.41) is 88.5. The van der Waals surface area contributed by atoms with E-state index in [9.17, 15) is 0 Å². The van der Waals surface area contributed by atoms with Gasteiger partial charge in [-0.05, 0) is 0 Å². The molecule has 0 atom stereocenters. The van der Waals surface area contributed by atoms with Crippen LogP contribution >= 0.6 is 0 Å². The van der Waals surface area contributed by atoms with Crippen molar-refractivity contribution >= 4 is 0 Å². The normalized spacial score (nSPS) is 5.54. The van der Waals surface area contributed by atoms with Gasteiger partial charge in [0.25, 0.3) is 0 Å².